The molecular formula is C16H17F2N3O3. The van der Waals surface area contributed by atoms with Gasteiger partial charge < -0.3 is 9.57 Å². The molecule has 1 aromatic carbocycles. The van der Waals surface area contributed by atoms with Crippen LogP contribution in [-0.4, -0.2) is 35.2 Å². The van der Waals surface area contributed by atoms with Crippen molar-refractivity contribution in [2.24, 2.45) is 5.16 Å². The number of hydrogen-bond donors (Lipinski definition) is 0. The van der Waals surface area contributed by atoms with Gasteiger partial charge >= 0.3 is 5.97 Å². The number of carbonyl (C=O) groups excluding carboxylic acids is 1. The third kappa shape index (κ3) is 3.76. The maximum Gasteiger partial charge on any atom is 0.358 e. The Labute approximate surface area is 137 Å². The molecule has 0 amide bonds. The Morgan fingerprint density at radius 3 is 2.58 bits per heavy atom. The lowest BCUT2D eigenvalue weighted by Crippen LogP contribution is -2.23. The molecule has 0 fully saturated rings. The minimum absolute atomic E-state index is 0.0117. The summed E-state index contributed by atoms with van der Waals surface area (Å²) >= 11 is 0. The Hall–Kier alpha value is -2.77. The van der Waals surface area contributed by atoms with Crippen LogP contribution in [0.3, 0.4) is 0 Å². The average Bonchev–Trinajstić information content (AvgIpc) is 2.87. The highest BCUT2D eigenvalue weighted by Gasteiger charge is 2.20. The van der Waals surface area contributed by atoms with E-state index in [0.717, 1.165) is 12.1 Å². The number of aromatic nitrogens is 2. The average molecular weight is 337 g/mol. The summed E-state index contributed by atoms with van der Waals surface area (Å²) in [6.45, 7) is 3.47. The molecule has 1 aromatic heterocycles. The predicted octanol–water partition coefficient (Wildman–Crippen LogP) is 2.70. The maximum absolute atomic E-state index is 13.9. The van der Waals surface area contributed by atoms with Crippen molar-refractivity contribution >= 4 is 11.7 Å². The molecular weight excluding hydrogens is 320 g/mol. The van der Waals surface area contributed by atoms with E-state index in [4.69, 9.17) is 4.74 Å². The molecule has 0 aliphatic heterocycles. The zero-order chi connectivity index (χ0) is 17.7. The Bertz CT molecular complexity index is 752. The molecule has 1 heterocycles. The maximum atomic E-state index is 13.9. The van der Waals surface area contributed by atoms with Crippen LogP contribution in [0.25, 0.3) is 11.3 Å². The molecule has 0 saturated heterocycles. The number of aryl methyl sites for hydroxylation is 1. The van der Waals surface area contributed by atoms with Crippen LogP contribution in [-0.2, 0) is 20.9 Å². The molecule has 8 heteroatoms. The second-order valence-corrected chi connectivity index (χ2v) is 4.90. The summed E-state index contributed by atoms with van der Waals surface area (Å²) in [5, 5.41) is 7.78. The number of hydrogen-bond acceptors (Lipinski definition) is 5. The molecule has 0 radical (unpaired) electrons. The summed E-state index contributed by atoms with van der Waals surface area (Å²) < 4.78 is 34.1. The van der Waals surface area contributed by atoms with E-state index in [2.05, 4.69) is 15.1 Å². The van der Waals surface area contributed by atoms with Crippen LogP contribution in [0.2, 0.25) is 0 Å². The SMILES string of the molecule is CCOC(=O)C(Cn1cc(C)c(-c2c(F)cccc2F)n1)=NOC. The van der Waals surface area contributed by atoms with E-state index in [0.29, 0.717) is 5.56 Å². The lowest BCUT2D eigenvalue weighted by atomic mass is 10.1. The normalized spacial score (nSPS) is 11.5. The molecule has 2 aromatic rings. The van der Waals surface area contributed by atoms with Gasteiger partial charge in [-0.15, -0.1) is 0 Å². The van der Waals surface area contributed by atoms with Crippen LogP contribution >= 0.6 is 0 Å². The van der Waals surface area contributed by atoms with Gasteiger partial charge in [-0.05, 0) is 31.5 Å². The van der Waals surface area contributed by atoms with Gasteiger partial charge in [0.05, 0.1) is 18.7 Å². The van der Waals surface area contributed by atoms with E-state index in [1.165, 1.54) is 17.9 Å². The first-order valence-electron chi connectivity index (χ1n) is 7.23. The lowest BCUT2D eigenvalue weighted by Gasteiger charge is -2.05. The fraction of sp³-hybridized carbons (Fsp3) is 0.312. The Kier molecular flexibility index (Phi) is 5.62. The van der Waals surface area contributed by atoms with Gasteiger partial charge in [-0.2, -0.15) is 5.10 Å². The molecule has 0 saturated carbocycles. The third-order valence-corrected chi connectivity index (χ3v) is 3.17. The number of halogens is 2. The summed E-state index contributed by atoms with van der Waals surface area (Å²) in [6.07, 6.45) is 1.56. The van der Waals surface area contributed by atoms with Gasteiger partial charge in [0.15, 0.2) is 5.71 Å². The van der Waals surface area contributed by atoms with E-state index < -0.39 is 17.6 Å². The second-order valence-electron chi connectivity index (χ2n) is 4.90. The van der Waals surface area contributed by atoms with Crippen molar-refractivity contribution in [2.75, 3.05) is 13.7 Å². The van der Waals surface area contributed by atoms with Crippen molar-refractivity contribution < 1.29 is 23.1 Å². The lowest BCUT2D eigenvalue weighted by molar-refractivity contribution is -0.135. The van der Waals surface area contributed by atoms with Crippen LogP contribution in [0, 0.1) is 18.6 Å². The van der Waals surface area contributed by atoms with Gasteiger partial charge in [0.1, 0.15) is 24.4 Å². The third-order valence-electron chi connectivity index (χ3n) is 3.17. The number of ether oxygens (including phenoxy) is 1. The van der Waals surface area contributed by atoms with Crippen molar-refractivity contribution in [2.45, 2.75) is 20.4 Å². The number of nitrogens with zero attached hydrogens (tertiary/aromatic N) is 3. The van der Waals surface area contributed by atoms with Gasteiger partial charge in [0.25, 0.3) is 0 Å². The first kappa shape index (κ1) is 17.6. The smallest absolute Gasteiger partial charge is 0.358 e. The van der Waals surface area contributed by atoms with Crippen LogP contribution in [0.15, 0.2) is 29.6 Å². The molecule has 128 valence electrons. The van der Waals surface area contributed by atoms with Crippen LogP contribution < -0.4 is 0 Å². The highest BCUT2D eigenvalue weighted by molar-refractivity contribution is 6.36. The quantitative estimate of drug-likeness (QED) is 0.462. The number of carbonyl (C=O) groups is 1. The van der Waals surface area contributed by atoms with Crippen molar-refractivity contribution in [1.29, 1.82) is 0 Å². The van der Waals surface area contributed by atoms with Crippen LogP contribution in [0.5, 0.6) is 0 Å². The van der Waals surface area contributed by atoms with Crippen molar-refractivity contribution in [3.05, 3.63) is 41.6 Å². The second kappa shape index (κ2) is 7.67. The Morgan fingerprint density at radius 2 is 2.00 bits per heavy atom. The molecule has 0 spiro atoms. The first-order chi connectivity index (χ1) is 11.5. The molecule has 0 bridgehead atoms. The van der Waals surface area contributed by atoms with Crippen LogP contribution in [0.1, 0.15) is 12.5 Å². The molecule has 0 aliphatic rings. The van der Waals surface area contributed by atoms with Gasteiger partial charge in [0, 0.05) is 6.20 Å². The van der Waals surface area contributed by atoms with Gasteiger partial charge in [-0.1, -0.05) is 11.2 Å². The summed E-state index contributed by atoms with van der Waals surface area (Å²) in [7, 11) is 1.30. The molecule has 0 aliphatic carbocycles. The number of oxime groups is 1. The fourth-order valence-corrected chi connectivity index (χ4v) is 2.18. The van der Waals surface area contributed by atoms with E-state index in [9.17, 15) is 13.6 Å². The summed E-state index contributed by atoms with van der Waals surface area (Å²) in [6, 6.07) is 3.60. The Balaban J connectivity index is 2.35. The number of esters is 1. The summed E-state index contributed by atoms with van der Waals surface area (Å²) in [4.78, 5) is 16.4. The zero-order valence-electron chi connectivity index (χ0n) is 13.5. The highest BCUT2D eigenvalue weighted by atomic mass is 19.1. The van der Waals surface area contributed by atoms with E-state index in [1.807, 2.05) is 0 Å². The van der Waals surface area contributed by atoms with Crippen LogP contribution in [0.4, 0.5) is 8.78 Å². The molecule has 24 heavy (non-hydrogen) atoms. The monoisotopic (exact) mass is 337 g/mol. The highest BCUT2D eigenvalue weighted by Crippen LogP contribution is 2.27. The fourth-order valence-electron chi connectivity index (χ4n) is 2.18. The van der Waals surface area contributed by atoms with Gasteiger partial charge in [-0.3, -0.25) is 4.68 Å². The summed E-state index contributed by atoms with van der Waals surface area (Å²) in [5.41, 5.74) is 0.489. The zero-order valence-corrected chi connectivity index (χ0v) is 13.5. The first-order valence-corrected chi connectivity index (χ1v) is 7.23. The van der Waals surface area contributed by atoms with E-state index >= 15 is 0 Å². The molecule has 0 N–H and O–H groups in total. The van der Waals surface area contributed by atoms with Gasteiger partial charge in [-0.25, -0.2) is 13.6 Å². The standard InChI is InChI=1S/C16H17F2N3O3/c1-4-24-16(22)13(20-23-3)9-21-8-10(2)15(19-21)14-11(17)6-5-7-12(14)18/h5-8H,4,9H2,1-3H3. The minimum Gasteiger partial charge on any atom is -0.461 e. The molecule has 0 atom stereocenters. The Morgan fingerprint density at radius 1 is 1.33 bits per heavy atom. The number of rotatable bonds is 6. The molecule has 0 unspecified atom stereocenters. The van der Waals surface area contributed by atoms with Gasteiger partial charge in [0.2, 0.25) is 0 Å². The van der Waals surface area contributed by atoms with Crippen molar-refractivity contribution in [3.63, 3.8) is 0 Å². The molecule has 2 rings (SSSR count). The van der Waals surface area contributed by atoms with Crippen molar-refractivity contribution in [3.8, 4) is 11.3 Å². The predicted molar refractivity (Wildman–Crippen MR) is 83.4 cm³/mol. The topological polar surface area (TPSA) is 65.7 Å². The largest absolute Gasteiger partial charge is 0.461 e. The summed E-state index contributed by atoms with van der Waals surface area (Å²) in [5.74, 6) is -2.06. The minimum atomic E-state index is -0.709. The van der Waals surface area contributed by atoms with E-state index in [-0.39, 0.29) is 30.1 Å². The molecule has 6 nitrogen and oxygen atoms in total. The van der Waals surface area contributed by atoms with Crippen molar-refractivity contribution in [1.82, 2.24) is 9.78 Å². The van der Waals surface area contributed by atoms with E-state index in [1.54, 1.807) is 20.0 Å². The number of benzene rings is 1.